The number of benzene rings is 1. The van der Waals surface area contributed by atoms with Crippen molar-refractivity contribution in [3.63, 3.8) is 0 Å². The standard InChI is InChI=1S/C16H20/c1-13-8-6-7-11-16(13)12-14(2)15-9-4-3-5-10-15/h4,6-11,14H,3,5,12H2,1-2H3. The fourth-order valence-electron chi connectivity index (χ4n) is 2.29. The molecule has 1 atom stereocenters. The molecule has 0 saturated carbocycles. The number of hydrogen-bond donors (Lipinski definition) is 0. The summed E-state index contributed by atoms with van der Waals surface area (Å²) in [5.41, 5.74) is 4.40. The van der Waals surface area contributed by atoms with Crippen molar-refractivity contribution >= 4 is 0 Å². The lowest BCUT2D eigenvalue weighted by Gasteiger charge is -2.16. The molecule has 16 heavy (non-hydrogen) atoms. The fourth-order valence-corrected chi connectivity index (χ4v) is 2.29. The van der Waals surface area contributed by atoms with E-state index in [0.29, 0.717) is 5.92 Å². The SMILES string of the molecule is Cc1ccccc1CC(C)C1=CCCC=C1. The van der Waals surface area contributed by atoms with Crippen molar-refractivity contribution in [2.75, 3.05) is 0 Å². The van der Waals surface area contributed by atoms with Crippen LogP contribution in [0.1, 0.15) is 30.9 Å². The van der Waals surface area contributed by atoms with Gasteiger partial charge in [0.2, 0.25) is 0 Å². The summed E-state index contributed by atoms with van der Waals surface area (Å²) in [7, 11) is 0. The Bertz CT molecular complexity index is 410. The molecule has 1 aliphatic rings. The van der Waals surface area contributed by atoms with E-state index >= 15 is 0 Å². The van der Waals surface area contributed by atoms with Gasteiger partial charge < -0.3 is 0 Å². The van der Waals surface area contributed by atoms with E-state index in [-0.39, 0.29) is 0 Å². The van der Waals surface area contributed by atoms with Crippen LogP contribution in [0.25, 0.3) is 0 Å². The van der Waals surface area contributed by atoms with Crippen molar-refractivity contribution in [2.45, 2.75) is 33.1 Å². The summed E-state index contributed by atoms with van der Waals surface area (Å²) in [6.45, 7) is 4.53. The number of aryl methyl sites for hydroxylation is 1. The summed E-state index contributed by atoms with van der Waals surface area (Å²) in [4.78, 5) is 0. The summed E-state index contributed by atoms with van der Waals surface area (Å²) >= 11 is 0. The van der Waals surface area contributed by atoms with Crippen LogP contribution in [0.5, 0.6) is 0 Å². The van der Waals surface area contributed by atoms with Gasteiger partial charge in [-0.2, -0.15) is 0 Å². The zero-order valence-corrected chi connectivity index (χ0v) is 10.2. The quantitative estimate of drug-likeness (QED) is 0.694. The van der Waals surface area contributed by atoms with Crippen molar-refractivity contribution in [3.8, 4) is 0 Å². The summed E-state index contributed by atoms with van der Waals surface area (Å²) in [6.07, 6.45) is 10.6. The zero-order valence-electron chi connectivity index (χ0n) is 10.2. The highest BCUT2D eigenvalue weighted by Gasteiger charge is 2.09. The molecule has 0 saturated heterocycles. The molecule has 0 fully saturated rings. The molecule has 0 radical (unpaired) electrons. The van der Waals surface area contributed by atoms with E-state index in [4.69, 9.17) is 0 Å². The molecule has 1 aliphatic carbocycles. The van der Waals surface area contributed by atoms with Gasteiger partial charge in [0.25, 0.3) is 0 Å². The maximum atomic E-state index is 2.39. The first-order valence-electron chi connectivity index (χ1n) is 6.18. The van der Waals surface area contributed by atoms with Crippen molar-refractivity contribution < 1.29 is 0 Å². The van der Waals surface area contributed by atoms with E-state index in [0.717, 1.165) is 6.42 Å². The van der Waals surface area contributed by atoms with Crippen LogP contribution in [0.2, 0.25) is 0 Å². The normalized spacial score (nSPS) is 17.0. The molecule has 1 unspecified atom stereocenters. The zero-order chi connectivity index (χ0) is 11.4. The van der Waals surface area contributed by atoms with Gasteiger partial charge in [0.1, 0.15) is 0 Å². The number of rotatable bonds is 3. The molecule has 0 spiro atoms. The molecule has 0 heterocycles. The maximum Gasteiger partial charge on any atom is -0.0153 e. The summed E-state index contributed by atoms with van der Waals surface area (Å²) in [5.74, 6) is 0.637. The minimum absolute atomic E-state index is 0.637. The average Bonchev–Trinajstić information content (AvgIpc) is 2.33. The fraction of sp³-hybridized carbons (Fsp3) is 0.375. The minimum atomic E-state index is 0.637. The lowest BCUT2D eigenvalue weighted by atomic mass is 9.89. The van der Waals surface area contributed by atoms with Crippen LogP contribution in [0.3, 0.4) is 0 Å². The largest absolute Gasteiger partial charge is 0.0840 e. The summed E-state index contributed by atoms with van der Waals surface area (Å²) < 4.78 is 0. The smallest absolute Gasteiger partial charge is 0.0153 e. The third-order valence-electron chi connectivity index (χ3n) is 3.38. The predicted octanol–water partition coefficient (Wildman–Crippen LogP) is 4.45. The minimum Gasteiger partial charge on any atom is -0.0840 e. The molecule has 1 aromatic carbocycles. The van der Waals surface area contributed by atoms with Crippen molar-refractivity contribution in [1.29, 1.82) is 0 Å². The Morgan fingerprint density at radius 1 is 1.19 bits per heavy atom. The van der Waals surface area contributed by atoms with Crippen molar-refractivity contribution in [2.24, 2.45) is 5.92 Å². The first kappa shape index (κ1) is 11.2. The highest BCUT2D eigenvalue weighted by Crippen LogP contribution is 2.23. The van der Waals surface area contributed by atoms with E-state index in [1.54, 1.807) is 0 Å². The van der Waals surface area contributed by atoms with Gasteiger partial charge in [-0.15, -0.1) is 0 Å². The van der Waals surface area contributed by atoms with Crippen LogP contribution >= 0.6 is 0 Å². The van der Waals surface area contributed by atoms with E-state index in [9.17, 15) is 0 Å². The molecule has 0 N–H and O–H groups in total. The second-order valence-electron chi connectivity index (χ2n) is 4.72. The molecule has 0 aromatic heterocycles. The van der Waals surface area contributed by atoms with Gasteiger partial charge in [0, 0.05) is 0 Å². The Morgan fingerprint density at radius 2 is 2.00 bits per heavy atom. The molecule has 2 rings (SSSR count). The highest BCUT2D eigenvalue weighted by molar-refractivity contribution is 5.30. The van der Waals surface area contributed by atoms with E-state index in [1.165, 1.54) is 29.5 Å². The Balaban J connectivity index is 2.07. The second-order valence-corrected chi connectivity index (χ2v) is 4.72. The first-order chi connectivity index (χ1) is 7.77. The van der Waals surface area contributed by atoms with E-state index < -0.39 is 0 Å². The molecule has 0 nitrogen and oxygen atoms in total. The van der Waals surface area contributed by atoms with Crippen LogP contribution in [0, 0.1) is 12.8 Å². The van der Waals surface area contributed by atoms with Gasteiger partial charge in [-0.3, -0.25) is 0 Å². The van der Waals surface area contributed by atoms with Crippen molar-refractivity contribution in [1.82, 2.24) is 0 Å². The third kappa shape index (κ3) is 2.63. The molecule has 84 valence electrons. The Labute approximate surface area is 98.7 Å². The molecule has 0 heteroatoms. The van der Waals surface area contributed by atoms with Crippen LogP contribution < -0.4 is 0 Å². The number of allylic oxidation sites excluding steroid dienone is 4. The van der Waals surface area contributed by atoms with E-state index in [1.807, 2.05) is 0 Å². The van der Waals surface area contributed by atoms with Gasteiger partial charge in [0.05, 0.1) is 0 Å². The van der Waals surface area contributed by atoms with Gasteiger partial charge in [0.15, 0.2) is 0 Å². The lowest BCUT2D eigenvalue weighted by molar-refractivity contribution is 0.681. The second kappa shape index (κ2) is 5.16. The highest BCUT2D eigenvalue weighted by atomic mass is 14.1. The Morgan fingerprint density at radius 3 is 2.69 bits per heavy atom. The van der Waals surface area contributed by atoms with Gasteiger partial charge in [-0.25, -0.2) is 0 Å². The molecule has 0 amide bonds. The molecular formula is C16H20. The first-order valence-corrected chi connectivity index (χ1v) is 6.18. The van der Waals surface area contributed by atoms with Gasteiger partial charge in [-0.05, 0) is 48.8 Å². The van der Waals surface area contributed by atoms with Gasteiger partial charge >= 0.3 is 0 Å². The molecule has 0 aliphatic heterocycles. The van der Waals surface area contributed by atoms with Crippen molar-refractivity contribution in [3.05, 3.63) is 59.2 Å². The van der Waals surface area contributed by atoms with Crippen LogP contribution in [0.15, 0.2) is 48.1 Å². The monoisotopic (exact) mass is 212 g/mol. The third-order valence-corrected chi connectivity index (χ3v) is 3.38. The molecule has 0 bridgehead atoms. The summed E-state index contributed by atoms with van der Waals surface area (Å²) in [6, 6.07) is 8.70. The van der Waals surface area contributed by atoms with E-state index in [2.05, 4.69) is 56.3 Å². The van der Waals surface area contributed by atoms with Crippen LogP contribution in [0.4, 0.5) is 0 Å². The Kier molecular flexibility index (Phi) is 3.61. The maximum absolute atomic E-state index is 2.39. The summed E-state index contributed by atoms with van der Waals surface area (Å²) in [5, 5.41) is 0. The topological polar surface area (TPSA) is 0 Å². The van der Waals surface area contributed by atoms with Crippen LogP contribution in [-0.4, -0.2) is 0 Å². The average molecular weight is 212 g/mol. The Hall–Kier alpha value is -1.30. The van der Waals surface area contributed by atoms with Gasteiger partial charge in [-0.1, -0.05) is 49.4 Å². The van der Waals surface area contributed by atoms with Crippen LogP contribution in [-0.2, 0) is 6.42 Å². The number of hydrogen-bond acceptors (Lipinski definition) is 0. The molecular weight excluding hydrogens is 192 g/mol. The molecule has 1 aromatic rings. The predicted molar refractivity (Wildman–Crippen MR) is 70.5 cm³/mol. The lowest BCUT2D eigenvalue weighted by Crippen LogP contribution is -2.04.